The Labute approximate surface area is 119 Å². The van der Waals surface area contributed by atoms with Gasteiger partial charge in [-0.1, -0.05) is 6.07 Å². The minimum absolute atomic E-state index is 0. The van der Waals surface area contributed by atoms with Gasteiger partial charge in [-0.25, -0.2) is 12.8 Å². The summed E-state index contributed by atoms with van der Waals surface area (Å²) in [6.45, 7) is 4.99. The van der Waals surface area contributed by atoms with Crippen LogP contribution in [-0.2, 0) is 10.0 Å². The fourth-order valence-electron chi connectivity index (χ4n) is 2.00. The van der Waals surface area contributed by atoms with Gasteiger partial charge in [0.15, 0.2) is 0 Å². The van der Waals surface area contributed by atoms with Crippen molar-refractivity contribution in [1.82, 2.24) is 9.62 Å². The Morgan fingerprint density at radius 2 is 2.11 bits per heavy atom. The van der Waals surface area contributed by atoms with Crippen molar-refractivity contribution in [3.8, 4) is 0 Å². The molecule has 1 fully saturated rings. The van der Waals surface area contributed by atoms with Gasteiger partial charge >= 0.3 is 0 Å². The molecule has 0 unspecified atom stereocenters. The molecule has 108 valence electrons. The number of nitrogens with zero attached hydrogens (tertiary/aromatic N) is 1. The molecule has 1 aromatic carbocycles. The number of rotatable bonds is 2. The van der Waals surface area contributed by atoms with Crippen LogP contribution < -0.4 is 5.32 Å². The molecule has 0 spiro atoms. The first-order valence-corrected chi connectivity index (χ1v) is 7.35. The minimum atomic E-state index is -3.58. The molecule has 0 bridgehead atoms. The molecule has 19 heavy (non-hydrogen) atoms. The summed E-state index contributed by atoms with van der Waals surface area (Å²) < 4.78 is 39.5. The summed E-state index contributed by atoms with van der Waals surface area (Å²) in [6.07, 6.45) is 0. The van der Waals surface area contributed by atoms with E-state index in [4.69, 9.17) is 0 Å². The summed E-state index contributed by atoms with van der Waals surface area (Å²) in [5.74, 6) is -0.487. The maximum Gasteiger partial charge on any atom is 0.243 e. The third-order valence-electron chi connectivity index (χ3n) is 3.11. The van der Waals surface area contributed by atoms with Gasteiger partial charge in [0, 0.05) is 25.7 Å². The molecule has 4 nitrogen and oxygen atoms in total. The van der Waals surface area contributed by atoms with Crippen molar-refractivity contribution in [3.05, 3.63) is 29.6 Å². The summed E-state index contributed by atoms with van der Waals surface area (Å²) in [6, 6.07) is 4.16. The molecule has 0 amide bonds. The zero-order valence-electron chi connectivity index (χ0n) is 10.9. The van der Waals surface area contributed by atoms with E-state index in [-0.39, 0.29) is 23.3 Å². The van der Waals surface area contributed by atoms with Crippen molar-refractivity contribution >= 4 is 22.4 Å². The highest BCUT2D eigenvalue weighted by molar-refractivity contribution is 7.89. The first-order valence-electron chi connectivity index (χ1n) is 5.91. The van der Waals surface area contributed by atoms with Crippen LogP contribution in [0.3, 0.4) is 0 Å². The number of hydrogen-bond donors (Lipinski definition) is 1. The van der Waals surface area contributed by atoms with Crippen LogP contribution in [-0.4, -0.2) is 38.4 Å². The Morgan fingerprint density at radius 3 is 2.68 bits per heavy atom. The zero-order valence-corrected chi connectivity index (χ0v) is 12.5. The molecule has 0 aliphatic carbocycles. The van der Waals surface area contributed by atoms with Crippen LogP contribution in [0.1, 0.15) is 12.5 Å². The Hall–Kier alpha value is -0.690. The van der Waals surface area contributed by atoms with Gasteiger partial charge in [-0.3, -0.25) is 0 Å². The second-order valence-electron chi connectivity index (χ2n) is 4.63. The van der Waals surface area contributed by atoms with Crippen LogP contribution in [0.4, 0.5) is 4.39 Å². The molecule has 1 aromatic rings. The average molecular weight is 309 g/mol. The van der Waals surface area contributed by atoms with Crippen molar-refractivity contribution in [2.75, 3.05) is 19.6 Å². The molecule has 0 saturated carbocycles. The summed E-state index contributed by atoms with van der Waals surface area (Å²) >= 11 is 0. The molecular weight excluding hydrogens is 291 g/mol. The second-order valence-corrected chi connectivity index (χ2v) is 6.57. The van der Waals surface area contributed by atoms with Crippen molar-refractivity contribution in [2.24, 2.45) is 0 Å². The molecular formula is C12H18ClFN2O2S. The van der Waals surface area contributed by atoms with Crippen LogP contribution in [0.2, 0.25) is 0 Å². The lowest BCUT2D eigenvalue weighted by atomic mass is 10.2. The summed E-state index contributed by atoms with van der Waals surface area (Å²) in [4.78, 5) is 0.0275. The predicted molar refractivity (Wildman–Crippen MR) is 74.6 cm³/mol. The molecule has 1 saturated heterocycles. The number of hydrogen-bond acceptors (Lipinski definition) is 3. The first kappa shape index (κ1) is 16.4. The number of piperazine rings is 1. The Kier molecular flexibility index (Phi) is 5.32. The normalized spacial score (nSPS) is 20.9. The van der Waals surface area contributed by atoms with Crippen LogP contribution in [0.15, 0.2) is 23.1 Å². The van der Waals surface area contributed by atoms with Crippen molar-refractivity contribution in [1.29, 1.82) is 0 Å². The van der Waals surface area contributed by atoms with Crippen molar-refractivity contribution in [3.63, 3.8) is 0 Å². The monoisotopic (exact) mass is 308 g/mol. The van der Waals surface area contributed by atoms with E-state index in [1.165, 1.54) is 16.4 Å². The van der Waals surface area contributed by atoms with E-state index in [0.29, 0.717) is 25.2 Å². The van der Waals surface area contributed by atoms with E-state index < -0.39 is 15.8 Å². The summed E-state index contributed by atoms with van der Waals surface area (Å²) in [5.41, 5.74) is 0.447. The number of nitrogens with one attached hydrogen (secondary N) is 1. The minimum Gasteiger partial charge on any atom is -0.312 e. The summed E-state index contributed by atoms with van der Waals surface area (Å²) in [7, 11) is -3.58. The first-order chi connectivity index (χ1) is 8.41. The van der Waals surface area contributed by atoms with Gasteiger partial charge in [-0.15, -0.1) is 12.4 Å². The number of halogens is 2. The van der Waals surface area contributed by atoms with Gasteiger partial charge < -0.3 is 5.32 Å². The third-order valence-corrected chi connectivity index (χ3v) is 4.97. The van der Waals surface area contributed by atoms with E-state index in [0.717, 1.165) is 6.07 Å². The molecule has 0 aromatic heterocycles. The van der Waals surface area contributed by atoms with Crippen LogP contribution >= 0.6 is 12.4 Å². The Bertz CT molecular complexity index is 551. The van der Waals surface area contributed by atoms with E-state index in [2.05, 4.69) is 5.32 Å². The largest absolute Gasteiger partial charge is 0.312 e. The van der Waals surface area contributed by atoms with E-state index >= 15 is 0 Å². The predicted octanol–water partition coefficient (Wildman–Crippen LogP) is 1.54. The highest BCUT2D eigenvalue weighted by Gasteiger charge is 2.28. The molecule has 7 heteroatoms. The van der Waals surface area contributed by atoms with E-state index in [1.807, 2.05) is 6.92 Å². The van der Waals surface area contributed by atoms with Crippen LogP contribution in [0.5, 0.6) is 0 Å². The molecule has 1 atom stereocenters. The standard InChI is InChI=1S/C12H17FN2O2S.ClH/c1-9-3-4-11(7-12(9)13)18(16,17)15-6-5-14-10(2)8-15;/h3-4,7,10,14H,5-6,8H2,1-2H3;1H/t10-;/m0./s1. The maximum absolute atomic E-state index is 13.5. The lowest BCUT2D eigenvalue weighted by Gasteiger charge is -2.31. The van der Waals surface area contributed by atoms with Crippen molar-refractivity contribution < 1.29 is 12.8 Å². The zero-order chi connectivity index (χ0) is 13.3. The molecule has 2 rings (SSSR count). The quantitative estimate of drug-likeness (QED) is 0.901. The average Bonchev–Trinajstić information content (AvgIpc) is 2.32. The van der Waals surface area contributed by atoms with Gasteiger partial charge in [0.05, 0.1) is 4.90 Å². The highest BCUT2D eigenvalue weighted by atomic mass is 35.5. The smallest absolute Gasteiger partial charge is 0.243 e. The SMILES string of the molecule is Cc1ccc(S(=O)(=O)N2CCN[C@@H](C)C2)cc1F.Cl. The van der Waals surface area contributed by atoms with Gasteiger partial charge in [0.1, 0.15) is 5.82 Å². The van der Waals surface area contributed by atoms with Gasteiger partial charge in [-0.05, 0) is 31.5 Å². The molecule has 1 aliphatic rings. The number of benzene rings is 1. The molecule has 1 N–H and O–H groups in total. The summed E-state index contributed by atoms with van der Waals surface area (Å²) in [5, 5.41) is 3.18. The Balaban J connectivity index is 0.00000180. The number of aryl methyl sites for hydroxylation is 1. The fourth-order valence-corrected chi connectivity index (χ4v) is 3.54. The lowest BCUT2D eigenvalue weighted by Crippen LogP contribution is -2.51. The highest BCUT2D eigenvalue weighted by Crippen LogP contribution is 2.19. The van der Waals surface area contributed by atoms with Crippen LogP contribution in [0.25, 0.3) is 0 Å². The Morgan fingerprint density at radius 1 is 1.42 bits per heavy atom. The topological polar surface area (TPSA) is 49.4 Å². The fraction of sp³-hybridized carbons (Fsp3) is 0.500. The van der Waals surface area contributed by atoms with Crippen molar-refractivity contribution in [2.45, 2.75) is 24.8 Å². The molecule has 1 aliphatic heterocycles. The maximum atomic E-state index is 13.5. The van der Waals surface area contributed by atoms with Crippen LogP contribution in [0, 0.1) is 12.7 Å². The molecule has 0 radical (unpaired) electrons. The van der Waals surface area contributed by atoms with E-state index in [1.54, 1.807) is 6.92 Å². The van der Waals surface area contributed by atoms with Gasteiger partial charge in [0.2, 0.25) is 10.0 Å². The number of sulfonamides is 1. The van der Waals surface area contributed by atoms with Gasteiger partial charge in [0.25, 0.3) is 0 Å². The third kappa shape index (κ3) is 3.45. The molecule has 1 heterocycles. The second kappa shape index (κ2) is 6.17. The van der Waals surface area contributed by atoms with E-state index in [9.17, 15) is 12.8 Å². The lowest BCUT2D eigenvalue weighted by molar-refractivity contribution is 0.310. The van der Waals surface area contributed by atoms with Gasteiger partial charge in [-0.2, -0.15) is 4.31 Å².